The molecule has 2 aliphatic rings. The lowest BCUT2D eigenvalue weighted by Gasteiger charge is -2.46. The highest BCUT2D eigenvalue weighted by molar-refractivity contribution is 5.14. The van der Waals surface area contributed by atoms with E-state index in [1.165, 1.54) is 11.1 Å². The number of benzene rings is 1. The lowest BCUT2D eigenvalue weighted by Crippen LogP contribution is -2.48. The van der Waals surface area contributed by atoms with E-state index in [1.54, 1.807) is 0 Å². The van der Waals surface area contributed by atoms with E-state index in [4.69, 9.17) is 14.2 Å². The van der Waals surface area contributed by atoms with Crippen molar-refractivity contribution < 1.29 is 14.2 Å². The van der Waals surface area contributed by atoms with E-state index in [0.29, 0.717) is 6.61 Å². The molecule has 1 aromatic rings. The smallest absolute Gasteiger partial charge is 0.174 e. The zero-order valence-corrected chi connectivity index (χ0v) is 14.3. The largest absolute Gasteiger partial charge is 0.376 e. The van der Waals surface area contributed by atoms with Crippen LogP contribution in [0.4, 0.5) is 0 Å². The van der Waals surface area contributed by atoms with Gasteiger partial charge in [-0.15, -0.1) is 0 Å². The lowest BCUT2D eigenvalue weighted by molar-refractivity contribution is -0.238. The predicted octanol–water partition coefficient (Wildman–Crippen LogP) is 4.47. The Morgan fingerprint density at radius 3 is 2.57 bits per heavy atom. The number of hydrogen-bond donors (Lipinski definition) is 0. The van der Waals surface area contributed by atoms with E-state index < -0.39 is 0 Å². The zero-order valence-electron chi connectivity index (χ0n) is 14.3. The molecule has 1 saturated carbocycles. The van der Waals surface area contributed by atoms with Gasteiger partial charge in [0.2, 0.25) is 0 Å². The first-order valence-corrected chi connectivity index (χ1v) is 8.69. The van der Waals surface area contributed by atoms with E-state index in [2.05, 4.69) is 32.1 Å². The number of ether oxygens (including phenoxy) is 3. The van der Waals surface area contributed by atoms with E-state index in [-0.39, 0.29) is 11.2 Å². The maximum atomic E-state index is 5.96. The van der Waals surface area contributed by atoms with E-state index in [0.717, 1.165) is 45.5 Å². The standard InChI is InChI=1S/C20H28O3/c1-19(2)15-17(10-11-20(19)22-13-14-23-20)9-6-12-21-16-18-7-4-3-5-8-18/h3-5,7-9H,6,10-16H2,1-2H3/b17-9+. The van der Waals surface area contributed by atoms with Crippen LogP contribution in [0.5, 0.6) is 0 Å². The van der Waals surface area contributed by atoms with Crippen LogP contribution in [-0.4, -0.2) is 25.6 Å². The summed E-state index contributed by atoms with van der Waals surface area (Å²) in [7, 11) is 0. The molecule has 3 rings (SSSR count). The van der Waals surface area contributed by atoms with E-state index >= 15 is 0 Å². The minimum Gasteiger partial charge on any atom is -0.376 e. The Kier molecular flexibility index (Phi) is 5.20. The van der Waals surface area contributed by atoms with Crippen LogP contribution in [0.3, 0.4) is 0 Å². The van der Waals surface area contributed by atoms with Crippen molar-refractivity contribution >= 4 is 0 Å². The summed E-state index contributed by atoms with van der Waals surface area (Å²) in [6.07, 6.45) is 6.42. The van der Waals surface area contributed by atoms with Gasteiger partial charge in [-0.3, -0.25) is 0 Å². The molecular weight excluding hydrogens is 288 g/mol. The topological polar surface area (TPSA) is 27.7 Å². The second-order valence-corrected chi connectivity index (χ2v) is 7.20. The molecule has 1 saturated heterocycles. The van der Waals surface area contributed by atoms with Crippen molar-refractivity contribution in [2.45, 2.75) is 51.9 Å². The van der Waals surface area contributed by atoms with Crippen LogP contribution in [0.2, 0.25) is 0 Å². The molecule has 3 nitrogen and oxygen atoms in total. The van der Waals surface area contributed by atoms with Crippen LogP contribution in [0.25, 0.3) is 0 Å². The molecule has 3 heteroatoms. The molecule has 23 heavy (non-hydrogen) atoms. The van der Waals surface area contributed by atoms with Crippen molar-refractivity contribution in [3.8, 4) is 0 Å². The predicted molar refractivity (Wildman–Crippen MR) is 91.1 cm³/mol. The van der Waals surface area contributed by atoms with Crippen LogP contribution in [-0.2, 0) is 20.8 Å². The first-order chi connectivity index (χ1) is 11.1. The summed E-state index contributed by atoms with van der Waals surface area (Å²) in [5.74, 6) is -0.353. The molecule has 1 aliphatic carbocycles. The van der Waals surface area contributed by atoms with Gasteiger partial charge >= 0.3 is 0 Å². The highest BCUT2D eigenvalue weighted by Gasteiger charge is 2.52. The highest BCUT2D eigenvalue weighted by atomic mass is 16.7. The fraction of sp³-hybridized carbons (Fsp3) is 0.600. The lowest BCUT2D eigenvalue weighted by atomic mass is 9.70. The second-order valence-electron chi connectivity index (χ2n) is 7.20. The third-order valence-corrected chi connectivity index (χ3v) is 5.04. The zero-order chi connectivity index (χ0) is 16.2. The van der Waals surface area contributed by atoms with Gasteiger partial charge < -0.3 is 14.2 Å². The van der Waals surface area contributed by atoms with Crippen molar-refractivity contribution in [3.05, 3.63) is 47.5 Å². The Labute approximate surface area is 139 Å². The van der Waals surface area contributed by atoms with Gasteiger partial charge in [0.15, 0.2) is 5.79 Å². The maximum absolute atomic E-state index is 5.96. The Balaban J connectivity index is 1.44. The van der Waals surface area contributed by atoms with Crippen LogP contribution >= 0.6 is 0 Å². The van der Waals surface area contributed by atoms with Crippen molar-refractivity contribution in [1.82, 2.24) is 0 Å². The molecule has 0 atom stereocenters. The minimum atomic E-state index is -0.353. The molecule has 1 spiro atoms. The molecule has 0 unspecified atom stereocenters. The van der Waals surface area contributed by atoms with Gasteiger partial charge in [0.25, 0.3) is 0 Å². The third kappa shape index (κ3) is 3.85. The Morgan fingerprint density at radius 1 is 1.13 bits per heavy atom. The SMILES string of the molecule is CC1(C)C/C(=C/CCOCc2ccccc2)CCC12OCCO2. The Bertz CT molecular complexity index is 527. The van der Waals surface area contributed by atoms with Crippen molar-refractivity contribution in [1.29, 1.82) is 0 Å². The summed E-state index contributed by atoms with van der Waals surface area (Å²) in [6.45, 7) is 7.46. The molecule has 0 N–H and O–H groups in total. The molecule has 1 heterocycles. The average molecular weight is 316 g/mol. The van der Waals surface area contributed by atoms with E-state index in [1.807, 2.05) is 18.2 Å². The maximum Gasteiger partial charge on any atom is 0.174 e. The molecular formula is C20H28O3. The summed E-state index contributed by atoms with van der Waals surface area (Å²) in [5, 5.41) is 0. The van der Waals surface area contributed by atoms with E-state index in [9.17, 15) is 0 Å². The van der Waals surface area contributed by atoms with Gasteiger partial charge in [0.1, 0.15) is 0 Å². The molecule has 1 aliphatic heterocycles. The number of rotatable bonds is 5. The van der Waals surface area contributed by atoms with Gasteiger partial charge in [-0.05, 0) is 24.8 Å². The van der Waals surface area contributed by atoms with Crippen molar-refractivity contribution in [3.63, 3.8) is 0 Å². The quantitative estimate of drug-likeness (QED) is 0.592. The molecule has 0 aromatic heterocycles. The molecule has 0 radical (unpaired) electrons. The number of allylic oxidation sites excluding steroid dienone is 1. The van der Waals surface area contributed by atoms with Gasteiger partial charge in [-0.25, -0.2) is 0 Å². The summed E-state index contributed by atoms with van der Waals surface area (Å²) in [4.78, 5) is 0. The van der Waals surface area contributed by atoms with Crippen molar-refractivity contribution in [2.75, 3.05) is 19.8 Å². The molecule has 126 valence electrons. The van der Waals surface area contributed by atoms with Crippen LogP contribution < -0.4 is 0 Å². The van der Waals surface area contributed by atoms with Gasteiger partial charge in [-0.2, -0.15) is 0 Å². The molecule has 2 fully saturated rings. The summed E-state index contributed by atoms with van der Waals surface area (Å²) in [5.41, 5.74) is 2.79. The summed E-state index contributed by atoms with van der Waals surface area (Å²) in [6, 6.07) is 10.3. The fourth-order valence-electron chi connectivity index (χ4n) is 3.73. The molecule has 0 bridgehead atoms. The average Bonchev–Trinajstić information content (AvgIpc) is 3.02. The Morgan fingerprint density at radius 2 is 1.87 bits per heavy atom. The van der Waals surface area contributed by atoms with Gasteiger partial charge in [-0.1, -0.05) is 55.8 Å². The van der Waals surface area contributed by atoms with Crippen LogP contribution in [0.1, 0.15) is 45.1 Å². The van der Waals surface area contributed by atoms with Crippen LogP contribution in [0.15, 0.2) is 42.0 Å². The summed E-state index contributed by atoms with van der Waals surface area (Å²) >= 11 is 0. The highest BCUT2D eigenvalue weighted by Crippen LogP contribution is 2.50. The Hall–Kier alpha value is -1.16. The molecule has 1 aromatic carbocycles. The monoisotopic (exact) mass is 316 g/mol. The minimum absolute atomic E-state index is 0.0402. The number of hydrogen-bond acceptors (Lipinski definition) is 3. The first kappa shape index (κ1) is 16.7. The van der Waals surface area contributed by atoms with Gasteiger partial charge in [0, 0.05) is 11.8 Å². The molecule has 0 amide bonds. The van der Waals surface area contributed by atoms with Crippen molar-refractivity contribution in [2.24, 2.45) is 5.41 Å². The normalized spacial score (nSPS) is 24.3. The fourth-order valence-corrected chi connectivity index (χ4v) is 3.73. The second kappa shape index (κ2) is 7.16. The van der Waals surface area contributed by atoms with Crippen LogP contribution in [0, 0.1) is 5.41 Å². The first-order valence-electron chi connectivity index (χ1n) is 8.69. The van der Waals surface area contributed by atoms with Gasteiger partial charge in [0.05, 0.1) is 26.4 Å². The summed E-state index contributed by atoms with van der Waals surface area (Å²) < 4.78 is 17.7. The third-order valence-electron chi connectivity index (χ3n) is 5.04.